The smallest absolute Gasteiger partial charge is 0.273 e. The Morgan fingerprint density at radius 1 is 1.27 bits per heavy atom. The molecule has 0 aliphatic carbocycles. The summed E-state index contributed by atoms with van der Waals surface area (Å²) < 4.78 is 13.4. The highest BCUT2D eigenvalue weighted by atomic mass is 19.1. The van der Waals surface area contributed by atoms with Crippen LogP contribution in [0.2, 0.25) is 0 Å². The molecule has 2 aromatic rings. The Morgan fingerprint density at radius 2 is 2.05 bits per heavy atom. The van der Waals surface area contributed by atoms with E-state index in [2.05, 4.69) is 0 Å². The second-order valence-electron chi connectivity index (χ2n) is 4.94. The number of carbonyl (C=O) groups excluding carboxylic acids is 1. The molecular weight excluding hydrogens is 291 g/mol. The molecule has 112 valence electrons. The minimum absolute atomic E-state index is 0.0530. The molecule has 0 saturated carbocycles. The van der Waals surface area contributed by atoms with Crippen LogP contribution in [0.15, 0.2) is 36.4 Å². The molecule has 0 fully saturated rings. The van der Waals surface area contributed by atoms with E-state index in [0.29, 0.717) is 18.7 Å². The highest BCUT2D eigenvalue weighted by Crippen LogP contribution is 2.32. The topological polar surface area (TPSA) is 83.7 Å². The maximum atomic E-state index is 13.4. The van der Waals surface area contributed by atoms with Gasteiger partial charge in [0, 0.05) is 12.6 Å². The summed E-state index contributed by atoms with van der Waals surface area (Å²) in [6.07, 6.45) is 0.592. The number of phenols is 1. The van der Waals surface area contributed by atoms with Gasteiger partial charge < -0.3 is 10.0 Å². The maximum Gasteiger partial charge on any atom is 0.273 e. The van der Waals surface area contributed by atoms with Crippen LogP contribution in [-0.4, -0.2) is 22.5 Å². The molecule has 2 aromatic carbocycles. The van der Waals surface area contributed by atoms with Gasteiger partial charge in [-0.05, 0) is 30.2 Å². The van der Waals surface area contributed by atoms with E-state index in [1.807, 2.05) is 0 Å². The number of carbonyl (C=O) groups is 1. The van der Waals surface area contributed by atoms with E-state index < -0.39 is 22.4 Å². The van der Waals surface area contributed by atoms with E-state index in [9.17, 15) is 24.4 Å². The normalized spacial score (nSPS) is 13.0. The molecule has 1 aliphatic heterocycles. The molecule has 0 radical (unpaired) electrons. The predicted octanol–water partition coefficient (Wildman–Crippen LogP) is 2.64. The van der Waals surface area contributed by atoms with E-state index in [-0.39, 0.29) is 11.3 Å². The summed E-state index contributed by atoms with van der Waals surface area (Å²) in [5, 5.41) is 20.5. The number of aromatic hydroxyl groups is 1. The fraction of sp³-hybridized carbons (Fsp3) is 0.133. The fourth-order valence-corrected chi connectivity index (χ4v) is 2.52. The Bertz CT molecular complexity index is 791. The highest BCUT2D eigenvalue weighted by molar-refractivity contribution is 6.09. The van der Waals surface area contributed by atoms with Crippen molar-refractivity contribution < 1.29 is 19.2 Å². The lowest BCUT2D eigenvalue weighted by Crippen LogP contribution is -2.29. The quantitative estimate of drug-likeness (QED) is 0.682. The van der Waals surface area contributed by atoms with Crippen LogP contribution in [-0.2, 0) is 6.42 Å². The van der Waals surface area contributed by atoms with Crippen molar-refractivity contribution in [2.75, 3.05) is 11.4 Å². The second kappa shape index (κ2) is 5.10. The summed E-state index contributed by atoms with van der Waals surface area (Å²) in [5.41, 5.74) is 0.948. The lowest BCUT2D eigenvalue weighted by Gasteiger charge is -2.18. The third-order valence-corrected chi connectivity index (χ3v) is 3.61. The number of phenolic OH excluding ortho intramolecular Hbond substituents is 1. The number of nitrogens with zero attached hydrogens (tertiary/aromatic N) is 2. The Labute approximate surface area is 124 Å². The Balaban J connectivity index is 1.97. The van der Waals surface area contributed by atoms with Crippen LogP contribution in [0.25, 0.3) is 0 Å². The van der Waals surface area contributed by atoms with Gasteiger partial charge in [-0.15, -0.1) is 0 Å². The van der Waals surface area contributed by atoms with Crippen LogP contribution in [0.4, 0.5) is 15.8 Å². The van der Waals surface area contributed by atoms with E-state index in [0.717, 1.165) is 17.7 Å². The number of rotatable bonds is 2. The molecule has 1 amide bonds. The number of halogens is 1. The number of fused-ring (bicyclic) bond motifs is 1. The molecule has 22 heavy (non-hydrogen) atoms. The van der Waals surface area contributed by atoms with Crippen molar-refractivity contribution in [2.24, 2.45) is 0 Å². The van der Waals surface area contributed by atoms with E-state index in [1.165, 1.54) is 23.1 Å². The first-order valence-electron chi connectivity index (χ1n) is 6.55. The fourth-order valence-electron chi connectivity index (χ4n) is 2.52. The first kappa shape index (κ1) is 14.0. The van der Waals surface area contributed by atoms with Gasteiger partial charge in [-0.25, -0.2) is 4.39 Å². The molecule has 0 spiro atoms. The summed E-state index contributed by atoms with van der Waals surface area (Å²) in [7, 11) is 0. The summed E-state index contributed by atoms with van der Waals surface area (Å²) >= 11 is 0. The first-order chi connectivity index (χ1) is 10.5. The molecule has 0 aromatic heterocycles. The largest absolute Gasteiger partial charge is 0.507 e. The molecule has 3 rings (SSSR count). The molecule has 0 bridgehead atoms. The van der Waals surface area contributed by atoms with Gasteiger partial charge in [0.2, 0.25) is 0 Å². The molecule has 0 saturated heterocycles. The molecule has 1 heterocycles. The minimum atomic E-state index is -0.658. The predicted molar refractivity (Wildman–Crippen MR) is 76.5 cm³/mol. The van der Waals surface area contributed by atoms with Gasteiger partial charge in [0.1, 0.15) is 11.6 Å². The Hall–Kier alpha value is -2.96. The van der Waals surface area contributed by atoms with Gasteiger partial charge >= 0.3 is 0 Å². The van der Waals surface area contributed by atoms with Gasteiger partial charge in [-0.3, -0.25) is 14.9 Å². The van der Waals surface area contributed by atoms with Crippen molar-refractivity contribution in [1.29, 1.82) is 0 Å². The van der Waals surface area contributed by atoms with Gasteiger partial charge in [0.05, 0.1) is 22.2 Å². The number of non-ortho nitro benzene ring substituents is 1. The monoisotopic (exact) mass is 302 g/mol. The summed E-state index contributed by atoms with van der Waals surface area (Å²) in [6.45, 7) is 0.369. The molecule has 0 unspecified atom stereocenters. The number of anilines is 1. The van der Waals surface area contributed by atoms with Crippen molar-refractivity contribution in [3.63, 3.8) is 0 Å². The average molecular weight is 302 g/mol. The lowest BCUT2D eigenvalue weighted by molar-refractivity contribution is -0.384. The summed E-state index contributed by atoms with van der Waals surface area (Å²) in [6, 6.07) is 7.49. The van der Waals surface area contributed by atoms with Crippen molar-refractivity contribution in [3.05, 3.63) is 63.5 Å². The van der Waals surface area contributed by atoms with E-state index >= 15 is 0 Å². The molecular formula is C15H11FN2O4. The third-order valence-electron chi connectivity index (χ3n) is 3.61. The zero-order valence-corrected chi connectivity index (χ0v) is 11.3. The first-order valence-corrected chi connectivity index (χ1v) is 6.55. The minimum Gasteiger partial charge on any atom is -0.507 e. The van der Waals surface area contributed by atoms with Crippen LogP contribution in [0, 0.1) is 15.9 Å². The van der Waals surface area contributed by atoms with Crippen LogP contribution < -0.4 is 4.90 Å². The van der Waals surface area contributed by atoms with Crippen LogP contribution in [0.1, 0.15) is 15.9 Å². The van der Waals surface area contributed by atoms with Crippen LogP contribution >= 0.6 is 0 Å². The zero-order valence-electron chi connectivity index (χ0n) is 11.3. The van der Waals surface area contributed by atoms with Crippen molar-refractivity contribution in [2.45, 2.75) is 6.42 Å². The summed E-state index contributed by atoms with van der Waals surface area (Å²) in [5.74, 6) is -1.44. The van der Waals surface area contributed by atoms with E-state index in [1.54, 1.807) is 6.07 Å². The second-order valence-corrected chi connectivity index (χ2v) is 4.94. The molecule has 0 atom stereocenters. The van der Waals surface area contributed by atoms with Crippen molar-refractivity contribution >= 4 is 17.3 Å². The molecule has 6 nitrogen and oxygen atoms in total. The van der Waals surface area contributed by atoms with Crippen molar-refractivity contribution in [1.82, 2.24) is 0 Å². The highest BCUT2D eigenvalue weighted by Gasteiger charge is 2.28. The van der Waals surface area contributed by atoms with Crippen molar-refractivity contribution in [3.8, 4) is 5.75 Å². The van der Waals surface area contributed by atoms with Gasteiger partial charge in [-0.2, -0.15) is 0 Å². The number of nitro benzene ring substituents is 1. The zero-order chi connectivity index (χ0) is 15.9. The number of hydrogen-bond acceptors (Lipinski definition) is 4. The number of hydrogen-bond donors (Lipinski definition) is 1. The maximum absolute atomic E-state index is 13.4. The number of amides is 1. The Kier molecular flexibility index (Phi) is 3.25. The molecule has 1 N–H and O–H groups in total. The lowest BCUT2D eigenvalue weighted by atomic mass is 10.1. The van der Waals surface area contributed by atoms with Gasteiger partial charge in [0.15, 0.2) is 0 Å². The molecule has 7 heteroatoms. The van der Waals surface area contributed by atoms with Gasteiger partial charge in [0.25, 0.3) is 11.6 Å². The third kappa shape index (κ3) is 2.26. The molecule has 1 aliphatic rings. The number of nitro groups is 1. The average Bonchev–Trinajstić information content (AvgIpc) is 2.89. The summed E-state index contributed by atoms with van der Waals surface area (Å²) in [4.78, 5) is 23.8. The van der Waals surface area contributed by atoms with Gasteiger partial charge in [-0.1, -0.05) is 6.07 Å². The standard InChI is InChI=1S/C15H11FN2O4/c16-10-2-1-9-5-6-17(13(9)7-10)15(20)12-4-3-11(18(21)22)8-14(12)19/h1-4,7-8,19H,5-6H2. The van der Waals surface area contributed by atoms with Crippen LogP contribution in [0.3, 0.4) is 0 Å². The van der Waals surface area contributed by atoms with E-state index in [4.69, 9.17) is 0 Å². The van der Waals surface area contributed by atoms with Crippen LogP contribution in [0.5, 0.6) is 5.75 Å². The number of benzene rings is 2. The Morgan fingerprint density at radius 3 is 2.73 bits per heavy atom. The SMILES string of the molecule is O=C(c1ccc([N+](=O)[O-])cc1O)N1CCc2ccc(F)cc21.